The molecule has 512 valence electrons. The molecular weight excluding hydrogens is 1280 g/mol. The highest BCUT2D eigenvalue weighted by Gasteiger charge is 2.54. The zero-order valence-electron chi connectivity index (χ0n) is 52.3. The molecule has 1 fully saturated rings. The molecule has 33 heteroatoms. The van der Waals surface area contributed by atoms with E-state index in [2.05, 4.69) is 41.4 Å². The van der Waals surface area contributed by atoms with Crippen LogP contribution in [0.2, 0.25) is 0 Å². The zero-order valence-corrected chi connectivity index (χ0v) is 54.7. The average Bonchev–Trinajstić information content (AvgIpc) is 1.47. The smallest absolute Gasteiger partial charge is 0.340 e. The van der Waals surface area contributed by atoms with Gasteiger partial charge >= 0.3 is 5.97 Å². The number of ether oxygens (including phenoxy) is 5. The van der Waals surface area contributed by atoms with E-state index in [9.17, 15) is 43.8 Å². The number of hydrogen-bond donors (Lipinski definition) is 13. The lowest BCUT2D eigenvalue weighted by molar-refractivity contribution is -0.135. The van der Waals surface area contributed by atoms with Crippen molar-refractivity contribution in [1.82, 2.24) is 21.3 Å². The Hall–Kier alpha value is -8.50. The molecule has 0 unspecified atom stereocenters. The number of rotatable bonds is 40. The van der Waals surface area contributed by atoms with Crippen molar-refractivity contribution in [2.45, 2.75) is 81.8 Å². The summed E-state index contributed by atoms with van der Waals surface area (Å²) in [5, 5.41) is 35.8. The van der Waals surface area contributed by atoms with Crippen molar-refractivity contribution in [2.24, 2.45) is 65.7 Å². The number of nitrogens with two attached hydrogens (primary N) is 7. The van der Waals surface area contributed by atoms with E-state index in [1.807, 2.05) is 12.1 Å². The maximum absolute atomic E-state index is 13.9. The normalized spacial score (nSPS) is 15.2. The van der Waals surface area contributed by atoms with Crippen LogP contribution in [0.15, 0.2) is 74.7 Å². The highest BCUT2D eigenvalue weighted by atomic mass is 32.2. The standard InChI is InChI=1S/C61H85N15O15S3/c62-55(85)60(75-53(83)6-4-2-1-3-5-43(92)25-38-7-10-45-44(26-38)54(84)91-61(45)46-11-8-40(77)27-48(46)90-49-28-41(78)9-12-47(49)61)36-93-31-39(32-94-37-60)76-89-30-42(79)29-59(33-86-22-13-50(80)69-16-19-72-56(63)64,34-87-23-14-51(81)70-17-20-73-57(65)66)35-88-24-15-52(82)71-18-21-74-58(67)68/h7-12,26-28,77-78H,1-6,13-25,29-37H2,(H2,62,85)(H,69,80)(H,70,81)(H,71,82)(H,75,83)(H4,63,64,72)(H4,65,66,73)(H4,67,68,74). The summed E-state index contributed by atoms with van der Waals surface area (Å²) in [5.74, 6) is -1.95. The molecule has 3 aromatic rings. The maximum Gasteiger partial charge on any atom is 0.340 e. The van der Waals surface area contributed by atoms with Crippen molar-refractivity contribution in [3.63, 3.8) is 0 Å². The number of thioether (sulfide) groups is 2. The Morgan fingerprint density at radius 1 is 0.617 bits per heavy atom. The fourth-order valence-corrected chi connectivity index (χ4v) is 13.2. The number of nitrogens with one attached hydrogen (secondary N) is 4. The number of thiocarbonyl (C=S) groups is 1. The van der Waals surface area contributed by atoms with Gasteiger partial charge in [0.1, 0.15) is 28.5 Å². The Labute approximate surface area is 557 Å². The molecule has 94 heavy (non-hydrogen) atoms. The van der Waals surface area contributed by atoms with Crippen LogP contribution in [0.1, 0.15) is 96.8 Å². The molecule has 20 N–H and O–H groups in total. The molecule has 0 bridgehead atoms. The molecule has 0 atom stereocenters. The fourth-order valence-electron chi connectivity index (χ4n) is 10.3. The molecule has 1 spiro atoms. The summed E-state index contributed by atoms with van der Waals surface area (Å²) in [7, 11) is 0. The molecule has 0 aromatic heterocycles. The number of Topliss-reactive ketones (excluding diaryl/α,β-unsaturated/α-hetero) is 1. The zero-order chi connectivity index (χ0) is 68.1. The number of phenolic OH excluding ortho intramolecular Hbond substituents is 2. The summed E-state index contributed by atoms with van der Waals surface area (Å²) < 4.78 is 30.3. The van der Waals surface area contributed by atoms with Crippen LogP contribution in [0.4, 0.5) is 0 Å². The monoisotopic (exact) mass is 1360 g/mol. The van der Waals surface area contributed by atoms with Crippen molar-refractivity contribution in [3.05, 3.63) is 82.4 Å². The van der Waals surface area contributed by atoms with Crippen molar-refractivity contribution >= 4 is 105 Å². The Balaban J connectivity index is 0.969. The Kier molecular flexibility index (Phi) is 29.7. The number of guanidine groups is 3. The molecule has 3 heterocycles. The number of ketones is 1. The number of benzene rings is 3. The second-order valence-corrected chi connectivity index (χ2v) is 25.1. The van der Waals surface area contributed by atoms with E-state index in [4.69, 9.17) is 80.9 Å². The first-order valence-corrected chi connectivity index (χ1v) is 33.1. The number of phenols is 2. The molecular formula is C61H85N15O15S3. The highest BCUT2D eigenvalue weighted by molar-refractivity contribution is 8.02. The highest BCUT2D eigenvalue weighted by Crippen LogP contribution is 2.57. The van der Waals surface area contributed by atoms with Gasteiger partial charge in [0.25, 0.3) is 0 Å². The number of hydrogen-bond acceptors (Lipinski definition) is 22. The van der Waals surface area contributed by atoms with Crippen LogP contribution in [0, 0.1) is 5.41 Å². The van der Waals surface area contributed by atoms with Crippen molar-refractivity contribution in [1.29, 1.82) is 0 Å². The minimum Gasteiger partial charge on any atom is -0.508 e. The number of carbonyl (C=O) groups excluding carboxylic acids is 7. The molecule has 3 aliphatic rings. The minimum absolute atomic E-state index is 0.0360. The van der Waals surface area contributed by atoms with E-state index in [0.717, 1.165) is 29.7 Å². The van der Waals surface area contributed by atoms with Crippen molar-refractivity contribution in [3.8, 4) is 23.0 Å². The van der Waals surface area contributed by atoms with Gasteiger partial charge in [0.05, 0.1) is 70.6 Å². The van der Waals surface area contributed by atoms with Gasteiger partial charge in [-0.3, -0.25) is 43.7 Å². The maximum atomic E-state index is 13.9. The average molecular weight is 1360 g/mol. The lowest BCUT2D eigenvalue weighted by Crippen LogP contribution is -2.61. The van der Waals surface area contributed by atoms with Gasteiger partial charge in [0, 0.05) is 115 Å². The van der Waals surface area contributed by atoms with Gasteiger partial charge in [0.15, 0.2) is 35.9 Å². The van der Waals surface area contributed by atoms with E-state index in [1.165, 1.54) is 47.8 Å². The number of carbonyl (C=O) groups is 7. The number of aromatic hydroxyl groups is 2. The predicted molar refractivity (Wildman–Crippen MR) is 360 cm³/mol. The van der Waals surface area contributed by atoms with E-state index in [1.54, 1.807) is 18.2 Å². The molecule has 0 saturated carbocycles. The van der Waals surface area contributed by atoms with E-state index in [-0.39, 0.29) is 187 Å². The third-order valence-corrected chi connectivity index (χ3v) is 17.6. The van der Waals surface area contributed by atoms with Gasteiger partial charge in [-0.05, 0) is 60.0 Å². The fraction of sp³-hybridized carbons (Fsp3) is 0.508. The van der Waals surface area contributed by atoms with Gasteiger partial charge < -0.3 is 100 Å². The first-order valence-electron chi connectivity index (χ1n) is 30.4. The van der Waals surface area contributed by atoms with Crippen LogP contribution in [0.25, 0.3) is 0 Å². The first-order chi connectivity index (χ1) is 45.0. The van der Waals surface area contributed by atoms with Crippen LogP contribution in [-0.4, -0.2) is 194 Å². The van der Waals surface area contributed by atoms with Crippen molar-refractivity contribution < 1.29 is 72.3 Å². The second kappa shape index (κ2) is 37.4. The summed E-state index contributed by atoms with van der Waals surface area (Å²) in [6.07, 6.45) is 3.71. The Bertz CT molecular complexity index is 3120. The largest absolute Gasteiger partial charge is 0.508 e. The van der Waals surface area contributed by atoms with E-state index < -0.39 is 40.8 Å². The Morgan fingerprint density at radius 3 is 1.57 bits per heavy atom. The molecule has 1 saturated heterocycles. The molecule has 3 aromatic carbocycles. The van der Waals surface area contributed by atoms with Crippen LogP contribution in [0.5, 0.6) is 23.0 Å². The van der Waals surface area contributed by atoms with Crippen molar-refractivity contribution in [2.75, 3.05) is 109 Å². The summed E-state index contributed by atoms with van der Waals surface area (Å²) in [6, 6.07) is 14.7. The number of unbranched alkanes of at least 4 members (excludes halogenated alkanes) is 3. The summed E-state index contributed by atoms with van der Waals surface area (Å²) in [4.78, 5) is 110. The third kappa shape index (κ3) is 23.5. The van der Waals surface area contributed by atoms with E-state index in [0.29, 0.717) is 58.7 Å². The number of fused-ring (bicyclic) bond motifs is 6. The lowest BCUT2D eigenvalue weighted by Gasteiger charge is -2.36. The Morgan fingerprint density at radius 2 is 1.10 bits per heavy atom. The summed E-state index contributed by atoms with van der Waals surface area (Å²) in [6.45, 7) is -0.130. The van der Waals surface area contributed by atoms with E-state index >= 15 is 0 Å². The molecule has 5 amide bonds. The molecule has 0 aliphatic carbocycles. The molecule has 30 nitrogen and oxygen atoms in total. The quantitative estimate of drug-likeness (QED) is 0.00918. The van der Waals surface area contributed by atoms with Gasteiger partial charge in [0.2, 0.25) is 29.5 Å². The number of primary amides is 1. The number of aliphatic imine (C=N–C) groups is 3. The first kappa shape index (κ1) is 74.5. The SMILES string of the molecule is NC(=O)C1(NC(=O)CCCCCCC(=S)Cc2ccc3c(c2)C(=O)OC32c3ccc(O)cc3Oc3cc(O)ccc32)CSCC(=NOCC(=O)CC(COCCC(=O)NCCN=C(N)N)(COCCC(=O)NCCN=C(N)N)COCCC(=O)NCCN=C(N)N)CSC1. The number of amides is 5. The molecule has 6 rings (SSSR count). The van der Waals surface area contributed by atoms with Crippen LogP contribution in [-0.2, 0) is 64.6 Å². The topological polar surface area (TPSA) is 495 Å². The predicted octanol–water partition coefficient (Wildman–Crippen LogP) is 0.446. The third-order valence-electron chi connectivity index (χ3n) is 14.8. The number of nitrogens with zero attached hydrogens (tertiary/aromatic N) is 4. The van der Waals surface area contributed by atoms with Crippen LogP contribution in [0.3, 0.4) is 0 Å². The minimum atomic E-state index is -1.36. The lowest BCUT2D eigenvalue weighted by atomic mass is 9.77. The van der Waals surface area contributed by atoms with Crippen LogP contribution < -0.4 is 66.1 Å². The number of esters is 1. The summed E-state index contributed by atoms with van der Waals surface area (Å²) in [5.41, 5.74) is 37.7. The van der Waals surface area contributed by atoms with Gasteiger partial charge in [-0.2, -0.15) is 23.5 Å². The molecule has 0 radical (unpaired) electrons. The van der Waals surface area contributed by atoms with Gasteiger partial charge in [-0.1, -0.05) is 42.3 Å². The summed E-state index contributed by atoms with van der Waals surface area (Å²) >= 11 is 8.44. The molecule has 3 aliphatic heterocycles. The second-order valence-electron chi connectivity index (χ2n) is 22.5. The number of oxime groups is 1. The van der Waals surface area contributed by atoms with Crippen LogP contribution >= 0.6 is 35.7 Å². The van der Waals surface area contributed by atoms with Gasteiger partial charge in [-0.25, -0.2) is 4.79 Å². The van der Waals surface area contributed by atoms with Gasteiger partial charge in [-0.15, -0.1) is 0 Å².